The number of hydrogen-bond donors (Lipinski definition) is 2. The molecule has 4 nitrogen and oxygen atoms in total. The zero-order chi connectivity index (χ0) is 15.9. The van der Waals surface area contributed by atoms with Crippen molar-refractivity contribution < 1.29 is 14.6 Å². The molecular weight excluding hydrogens is 266 g/mol. The summed E-state index contributed by atoms with van der Waals surface area (Å²) in [5.41, 5.74) is 0.430. The smallest absolute Gasteiger partial charge is 0.161 e. The Morgan fingerprint density at radius 3 is 2.57 bits per heavy atom. The van der Waals surface area contributed by atoms with Gasteiger partial charge in [0.15, 0.2) is 11.5 Å². The molecule has 0 aliphatic carbocycles. The molecule has 0 bridgehead atoms. The van der Waals surface area contributed by atoms with E-state index >= 15 is 0 Å². The molecular formula is C17H29NO3. The Bertz CT molecular complexity index is 430. The minimum Gasteiger partial charge on any atom is -0.493 e. The third-order valence-electron chi connectivity index (χ3n) is 3.21. The average molecular weight is 295 g/mol. The van der Waals surface area contributed by atoms with Crippen LogP contribution in [0, 0.1) is 5.92 Å². The van der Waals surface area contributed by atoms with Crippen molar-refractivity contribution >= 4 is 0 Å². The van der Waals surface area contributed by atoms with Crippen LogP contribution < -0.4 is 14.8 Å². The topological polar surface area (TPSA) is 50.7 Å². The summed E-state index contributed by atoms with van der Waals surface area (Å²) in [6.45, 7) is 9.94. The molecule has 120 valence electrons. The van der Waals surface area contributed by atoms with Crippen molar-refractivity contribution in [2.75, 3.05) is 20.3 Å². The fraction of sp³-hybridized carbons (Fsp3) is 0.647. The summed E-state index contributed by atoms with van der Waals surface area (Å²) in [5, 5.41) is 13.6. The molecule has 2 N–H and O–H groups in total. The number of methoxy groups -OCH3 is 1. The molecule has 0 saturated carbocycles. The molecule has 1 rings (SSSR count). The number of hydrogen-bond acceptors (Lipinski definition) is 4. The van der Waals surface area contributed by atoms with Gasteiger partial charge in [-0.25, -0.2) is 0 Å². The van der Waals surface area contributed by atoms with Crippen molar-refractivity contribution in [3.8, 4) is 11.5 Å². The summed E-state index contributed by atoms with van der Waals surface area (Å²) < 4.78 is 10.8. The van der Waals surface area contributed by atoms with Gasteiger partial charge in [0.05, 0.1) is 19.3 Å². The maximum absolute atomic E-state index is 10.3. The fourth-order valence-corrected chi connectivity index (χ4v) is 2.52. The fourth-order valence-electron chi connectivity index (χ4n) is 2.52. The van der Waals surface area contributed by atoms with Crippen LogP contribution in [0.1, 0.15) is 39.7 Å². The number of aliphatic hydroxyl groups is 1. The molecule has 0 spiro atoms. The van der Waals surface area contributed by atoms with Gasteiger partial charge < -0.3 is 19.9 Å². The number of ether oxygens (including phenoxy) is 2. The van der Waals surface area contributed by atoms with Crippen molar-refractivity contribution in [2.45, 2.75) is 46.3 Å². The van der Waals surface area contributed by atoms with Crippen molar-refractivity contribution in [1.29, 1.82) is 0 Å². The van der Waals surface area contributed by atoms with Gasteiger partial charge in [0.25, 0.3) is 0 Å². The summed E-state index contributed by atoms with van der Waals surface area (Å²) >= 11 is 0. The van der Waals surface area contributed by atoms with Crippen LogP contribution >= 0.6 is 0 Å². The number of nitrogens with one attached hydrogen (secondary N) is 1. The second-order valence-electron chi connectivity index (χ2n) is 6.12. The highest BCUT2D eigenvalue weighted by molar-refractivity contribution is 5.42. The molecule has 0 aliphatic heterocycles. The van der Waals surface area contributed by atoms with E-state index in [1.165, 1.54) is 0 Å². The molecule has 0 aromatic heterocycles. The van der Waals surface area contributed by atoms with Gasteiger partial charge in [-0.15, -0.1) is 0 Å². The molecule has 0 saturated heterocycles. The van der Waals surface area contributed by atoms with Gasteiger partial charge in [-0.2, -0.15) is 0 Å². The predicted octanol–water partition coefficient (Wildman–Crippen LogP) is 2.98. The predicted molar refractivity (Wildman–Crippen MR) is 85.9 cm³/mol. The van der Waals surface area contributed by atoms with Crippen LogP contribution in [-0.4, -0.2) is 31.0 Å². The molecule has 4 heteroatoms. The van der Waals surface area contributed by atoms with E-state index in [0.29, 0.717) is 25.6 Å². The Morgan fingerprint density at radius 2 is 2.00 bits per heavy atom. The number of benzene rings is 1. The molecule has 0 heterocycles. The second kappa shape index (κ2) is 8.25. The maximum atomic E-state index is 10.3. The molecule has 21 heavy (non-hydrogen) atoms. The van der Waals surface area contributed by atoms with Gasteiger partial charge >= 0.3 is 0 Å². The SMILES string of the molecule is CCOc1ccc(CNCC(C)(O)CC(C)C)cc1OC. The number of rotatable bonds is 9. The molecule has 0 amide bonds. The van der Waals surface area contributed by atoms with Crippen LogP contribution in [0.3, 0.4) is 0 Å². The summed E-state index contributed by atoms with van der Waals surface area (Å²) in [6, 6.07) is 5.90. The van der Waals surface area contributed by atoms with Crippen LogP contribution in [0.25, 0.3) is 0 Å². The zero-order valence-electron chi connectivity index (χ0n) is 13.9. The molecule has 1 atom stereocenters. The zero-order valence-corrected chi connectivity index (χ0v) is 13.9. The minimum atomic E-state index is -0.677. The monoisotopic (exact) mass is 295 g/mol. The first kappa shape index (κ1) is 17.8. The van der Waals surface area contributed by atoms with Crippen LogP contribution in [-0.2, 0) is 6.54 Å². The quantitative estimate of drug-likeness (QED) is 0.735. The van der Waals surface area contributed by atoms with E-state index in [9.17, 15) is 5.11 Å². The molecule has 0 fully saturated rings. The van der Waals surface area contributed by atoms with E-state index in [1.54, 1.807) is 7.11 Å². The van der Waals surface area contributed by atoms with Gasteiger partial charge in [0, 0.05) is 13.1 Å². The first-order valence-electron chi connectivity index (χ1n) is 7.60. The van der Waals surface area contributed by atoms with Crippen molar-refractivity contribution in [3.05, 3.63) is 23.8 Å². The van der Waals surface area contributed by atoms with E-state index < -0.39 is 5.60 Å². The third-order valence-corrected chi connectivity index (χ3v) is 3.21. The lowest BCUT2D eigenvalue weighted by Crippen LogP contribution is -2.38. The van der Waals surface area contributed by atoms with Crippen LogP contribution in [0.2, 0.25) is 0 Å². The molecule has 0 aliphatic rings. The highest BCUT2D eigenvalue weighted by atomic mass is 16.5. The highest BCUT2D eigenvalue weighted by Crippen LogP contribution is 2.28. The van der Waals surface area contributed by atoms with E-state index in [4.69, 9.17) is 9.47 Å². The lowest BCUT2D eigenvalue weighted by Gasteiger charge is -2.25. The first-order chi connectivity index (χ1) is 9.88. The second-order valence-corrected chi connectivity index (χ2v) is 6.12. The lowest BCUT2D eigenvalue weighted by atomic mass is 9.94. The van der Waals surface area contributed by atoms with E-state index in [-0.39, 0.29) is 0 Å². The Hall–Kier alpha value is -1.26. The normalized spacial score (nSPS) is 14.0. The minimum absolute atomic E-state index is 0.479. The summed E-state index contributed by atoms with van der Waals surface area (Å²) in [7, 11) is 1.64. The summed E-state index contributed by atoms with van der Waals surface area (Å²) in [4.78, 5) is 0. The molecule has 1 unspecified atom stereocenters. The van der Waals surface area contributed by atoms with Crippen LogP contribution in [0.5, 0.6) is 11.5 Å². The van der Waals surface area contributed by atoms with Crippen molar-refractivity contribution in [1.82, 2.24) is 5.32 Å². The van der Waals surface area contributed by atoms with E-state index in [0.717, 1.165) is 23.5 Å². The van der Waals surface area contributed by atoms with Gasteiger partial charge in [-0.3, -0.25) is 0 Å². The summed E-state index contributed by atoms with van der Waals surface area (Å²) in [5.74, 6) is 1.98. The average Bonchev–Trinajstić information content (AvgIpc) is 2.38. The van der Waals surface area contributed by atoms with Gasteiger partial charge in [0.2, 0.25) is 0 Å². The Kier molecular flexibility index (Phi) is 6.99. The Balaban J connectivity index is 2.56. The molecule has 1 aromatic carbocycles. The first-order valence-corrected chi connectivity index (χ1v) is 7.60. The largest absolute Gasteiger partial charge is 0.493 e. The standard InChI is InChI=1S/C17H29NO3/c1-6-21-15-8-7-14(9-16(15)20-5)11-18-12-17(4,19)10-13(2)3/h7-9,13,18-19H,6,10-12H2,1-5H3. The van der Waals surface area contributed by atoms with E-state index in [2.05, 4.69) is 19.2 Å². The van der Waals surface area contributed by atoms with Crippen LogP contribution in [0.15, 0.2) is 18.2 Å². The van der Waals surface area contributed by atoms with Gasteiger partial charge in [-0.05, 0) is 43.9 Å². The third kappa shape index (κ3) is 6.36. The summed E-state index contributed by atoms with van der Waals surface area (Å²) in [6.07, 6.45) is 0.784. The van der Waals surface area contributed by atoms with Crippen molar-refractivity contribution in [2.24, 2.45) is 5.92 Å². The molecule has 0 radical (unpaired) electrons. The van der Waals surface area contributed by atoms with Crippen LogP contribution in [0.4, 0.5) is 0 Å². The lowest BCUT2D eigenvalue weighted by molar-refractivity contribution is 0.0383. The Labute approximate surface area is 128 Å². The van der Waals surface area contributed by atoms with Crippen molar-refractivity contribution in [3.63, 3.8) is 0 Å². The highest BCUT2D eigenvalue weighted by Gasteiger charge is 2.21. The molecule has 1 aromatic rings. The van der Waals surface area contributed by atoms with Gasteiger partial charge in [-0.1, -0.05) is 19.9 Å². The maximum Gasteiger partial charge on any atom is 0.161 e. The Morgan fingerprint density at radius 1 is 1.29 bits per heavy atom. The van der Waals surface area contributed by atoms with Gasteiger partial charge in [0.1, 0.15) is 0 Å². The van der Waals surface area contributed by atoms with E-state index in [1.807, 2.05) is 32.0 Å².